The van der Waals surface area contributed by atoms with Crippen molar-refractivity contribution in [3.63, 3.8) is 0 Å². The number of hydrogen-bond acceptors (Lipinski definition) is 3. The van der Waals surface area contributed by atoms with Gasteiger partial charge in [-0.1, -0.05) is 109 Å². The molecule has 1 atom stereocenters. The van der Waals surface area contributed by atoms with Crippen molar-refractivity contribution in [3.05, 3.63) is 24.3 Å². The average Bonchev–Trinajstić information content (AvgIpc) is 3.38. The van der Waals surface area contributed by atoms with E-state index in [1.165, 1.54) is 135 Å². The zero-order valence-corrected chi connectivity index (χ0v) is 23.8. The molecule has 0 amide bonds. The minimum atomic E-state index is -0.0262. The van der Waals surface area contributed by atoms with E-state index in [0.717, 1.165) is 26.2 Å². The van der Waals surface area contributed by atoms with Crippen LogP contribution in [-0.4, -0.2) is 44.0 Å². The lowest BCUT2D eigenvalue weighted by molar-refractivity contribution is -0.152. The van der Waals surface area contributed by atoms with E-state index in [4.69, 9.17) is 9.47 Å². The van der Waals surface area contributed by atoms with E-state index in [1.807, 2.05) is 0 Å². The number of rotatable bonds is 26. The maximum absolute atomic E-state index is 6.19. The Morgan fingerprint density at radius 3 is 1.60 bits per heavy atom. The molecule has 0 bridgehead atoms. The molecule has 1 saturated heterocycles. The van der Waals surface area contributed by atoms with Crippen molar-refractivity contribution in [1.29, 1.82) is 0 Å². The molecule has 206 valence electrons. The molecule has 0 aromatic heterocycles. The molecule has 0 spiro atoms. The summed E-state index contributed by atoms with van der Waals surface area (Å²) in [7, 11) is 0. The van der Waals surface area contributed by atoms with Gasteiger partial charge in [0.05, 0.1) is 0 Å². The summed E-state index contributed by atoms with van der Waals surface area (Å²) in [5.41, 5.74) is 0. The molecule has 3 nitrogen and oxygen atoms in total. The third kappa shape index (κ3) is 22.3. The van der Waals surface area contributed by atoms with Crippen LogP contribution < -0.4 is 0 Å². The summed E-state index contributed by atoms with van der Waals surface area (Å²) >= 11 is 0. The number of hydrogen-bond donors (Lipinski definition) is 0. The summed E-state index contributed by atoms with van der Waals surface area (Å²) < 4.78 is 12.4. The van der Waals surface area contributed by atoms with Gasteiger partial charge in [0.2, 0.25) is 0 Å². The largest absolute Gasteiger partial charge is 0.351 e. The van der Waals surface area contributed by atoms with Gasteiger partial charge in [-0.15, -0.1) is 0 Å². The summed E-state index contributed by atoms with van der Waals surface area (Å²) in [4.78, 5) is 2.52. The molecule has 1 fully saturated rings. The highest BCUT2D eigenvalue weighted by atomic mass is 16.7. The Morgan fingerprint density at radius 1 is 0.571 bits per heavy atom. The van der Waals surface area contributed by atoms with E-state index in [-0.39, 0.29) is 6.29 Å². The van der Waals surface area contributed by atoms with Crippen molar-refractivity contribution in [2.45, 2.75) is 149 Å². The molecule has 1 aliphatic heterocycles. The predicted molar refractivity (Wildman–Crippen MR) is 154 cm³/mol. The first-order chi connectivity index (χ1) is 17.4. The fourth-order valence-electron chi connectivity index (χ4n) is 4.73. The lowest BCUT2D eigenvalue weighted by Crippen LogP contribution is -2.34. The summed E-state index contributed by atoms with van der Waals surface area (Å²) in [5.74, 6) is 0. The number of nitrogens with zero attached hydrogens (tertiary/aromatic N) is 1. The molecule has 35 heavy (non-hydrogen) atoms. The molecule has 0 aromatic carbocycles. The average molecular weight is 492 g/mol. The molecule has 1 rings (SSSR count). The molecule has 0 aromatic rings. The van der Waals surface area contributed by atoms with Gasteiger partial charge in [0.25, 0.3) is 0 Å². The first kappa shape index (κ1) is 32.4. The van der Waals surface area contributed by atoms with Crippen LogP contribution >= 0.6 is 0 Å². The minimum Gasteiger partial charge on any atom is -0.351 e. The molecule has 0 radical (unpaired) electrons. The van der Waals surface area contributed by atoms with Gasteiger partial charge in [-0.2, -0.15) is 0 Å². The summed E-state index contributed by atoms with van der Waals surface area (Å²) in [6, 6.07) is 0. The van der Waals surface area contributed by atoms with Crippen molar-refractivity contribution in [2.75, 3.05) is 32.8 Å². The number of likely N-dealkylation sites (tertiary alicyclic amines) is 1. The van der Waals surface area contributed by atoms with Crippen LogP contribution in [0.4, 0.5) is 0 Å². The van der Waals surface area contributed by atoms with Crippen molar-refractivity contribution in [1.82, 2.24) is 4.90 Å². The van der Waals surface area contributed by atoms with Crippen LogP contribution in [0.25, 0.3) is 0 Å². The molecule has 0 aliphatic carbocycles. The number of allylic oxidation sites excluding steroid dienone is 4. The fraction of sp³-hybridized carbons (Fsp3) is 0.875. The van der Waals surface area contributed by atoms with E-state index in [2.05, 4.69) is 43.1 Å². The van der Waals surface area contributed by atoms with E-state index in [9.17, 15) is 0 Å². The highest BCUT2D eigenvalue weighted by Crippen LogP contribution is 2.13. The first-order valence-corrected chi connectivity index (χ1v) is 15.6. The minimum absolute atomic E-state index is 0.0262. The Hall–Kier alpha value is -0.640. The van der Waals surface area contributed by atoms with Gasteiger partial charge in [-0.25, -0.2) is 0 Å². The van der Waals surface area contributed by atoms with Crippen LogP contribution in [0.5, 0.6) is 0 Å². The van der Waals surface area contributed by atoms with Gasteiger partial charge in [0, 0.05) is 19.8 Å². The first-order valence-electron chi connectivity index (χ1n) is 15.6. The van der Waals surface area contributed by atoms with Crippen LogP contribution in [0.3, 0.4) is 0 Å². The van der Waals surface area contributed by atoms with E-state index < -0.39 is 0 Å². The maximum Gasteiger partial charge on any atom is 0.170 e. The molecule has 0 saturated carbocycles. The Kier molecular flexibility index (Phi) is 24.5. The third-order valence-corrected chi connectivity index (χ3v) is 7.06. The summed E-state index contributed by atoms with van der Waals surface area (Å²) in [6.45, 7) is 9.63. The number of ether oxygens (including phenoxy) is 2. The molecule has 3 heteroatoms. The Morgan fingerprint density at radius 2 is 1.03 bits per heavy atom. The smallest absolute Gasteiger partial charge is 0.170 e. The zero-order valence-electron chi connectivity index (χ0n) is 23.8. The standard InChI is InChI=1S/C32H61NO2/c1-3-5-7-9-11-12-13-14-15-16-17-18-19-20-22-26-30-35-32(31-33-27-23-24-28-33)34-29-25-21-10-8-6-4-2/h11-12,14-15,32H,3-10,13,16-31H2,1-2H3. The van der Waals surface area contributed by atoms with Gasteiger partial charge in [0.15, 0.2) is 6.29 Å². The SMILES string of the molecule is CCCCCC=CCC=CCCCCCCCCOC(CN1CCCC1)OCCCCCCCC. The van der Waals surface area contributed by atoms with Crippen LogP contribution in [0.15, 0.2) is 24.3 Å². The fourth-order valence-corrected chi connectivity index (χ4v) is 4.73. The van der Waals surface area contributed by atoms with E-state index in [0.29, 0.717) is 0 Å². The normalized spacial score (nSPS) is 15.7. The second kappa shape index (κ2) is 26.4. The Bertz CT molecular complexity index is 470. The van der Waals surface area contributed by atoms with Crippen molar-refractivity contribution < 1.29 is 9.47 Å². The van der Waals surface area contributed by atoms with Gasteiger partial charge >= 0.3 is 0 Å². The van der Waals surface area contributed by atoms with Crippen molar-refractivity contribution in [3.8, 4) is 0 Å². The summed E-state index contributed by atoms with van der Waals surface area (Å²) in [6.07, 6.45) is 35.3. The van der Waals surface area contributed by atoms with E-state index >= 15 is 0 Å². The van der Waals surface area contributed by atoms with Crippen LogP contribution in [0, 0.1) is 0 Å². The third-order valence-electron chi connectivity index (χ3n) is 7.06. The second-order valence-corrected chi connectivity index (χ2v) is 10.5. The van der Waals surface area contributed by atoms with E-state index in [1.54, 1.807) is 0 Å². The Labute approximate surface area is 220 Å². The molecule has 1 unspecified atom stereocenters. The van der Waals surface area contributed by atoms with Gasteiger partial charge < -0.3 is 9.47 Å². The maximum atomic E-state index is 6.19. The van der Waals surface area contributed by atoms with Crippen molar-refractivity contribution >= 4 is 0 Å². The predicted octanol–water partition coefficient (Wildman–Crippen LogP) is 9.62. The number of unbranched alkanes of at least 4 members (excludes halogenated alkanes) is 14. The quantitative estimate of drug-likeness (QED) is 0.0683. The highest BCUT2D eigenvalue weighted by molar-refractivity contribution is 4.92. The van der Waals surface area contributed by atoms with Gasteiger partial charge in [0.1, 0.15) is 0 Å². The molecular weight excluding hydrogens is 430 g/mol. The highest BCUT2D eigenvalue weighted by Gasteiger charge is 2.18. The summed E-state index contributed by atoms with van der Waals surface area (Å²) in [5, 5.41) is 0. The van der Waals surface area contributed by atoms with Crippen LogP contribution in [-0.2, 0) is 9.47 Å². The zero-order chi connectivity index (χ0) is 25.1. The monoisotopic (exact) mass is 491 g/mol. The topological polar surface area (TPSA) is 21.7 Å². The molecule has 1 aliphatic rings. The molecular formula is C32H61NO2. The van der Waals surface area contributed by atoms with Crippen LogP contribution in [0.1, 0.15) is 142 Å². The second-order valence-electron chi connectivity index (χ2n) is 10.5. The lowest BCUT2D eigenvalue weighted by atomic mass is 10.1. The lowest BCUT2D eigenvalue weighted by Gasteiger charge is -2.24. The van der Waals surface area contributed by atoms with Gasteiger partial charge in [-0.05, 0) is 70.9 Å². The van der Waals surface area contributed by atoms with Gasteiger partial charge in [-0.3, -0.25) is 4.90 Å². The Balaban J connectivity index is 1.97. The van der Waals surface area contributed by atoms with Crippen LogP contribution in [0.2, 0.25) is 0 Å². The van der Waals surface area contributed by atoms with Crippen molar-refractivity contribution in [2.24, 2.45) is 0 Å². The molecule has 0 N–H and O–H groups in total. The molecule has 1 heterocycles.